The quantitative estimate of drug-likeness (QED) is 0.433. The molecule has 0 radical (unpaired) electrons. The first kappa shape index (κ1) is 21.9. The third-order valence-electron chi connectivity index (χ3n) is 9.01. The molecule has 4 atom stereocenters. The third kappa shape index (κ3) is 5.09. The molecule has 0 N–H and O–H groups in total. The van der Waals surface area contributed by atoms with E-state index in [4.69, 9.17) is 5.26 Å². The van der Waals surface area contributed by atoms with E-state index in [1.54, 1.807) is 12.1 Å². The van der Waals surface area contributed by atoms with Gasteiger partial charge in [0, 0.05) is 0 Å². The van der Waals surface area contributed by atoms with Gasteiger partial charge in [-0.15, -0.1) is 0 Å². The predicted octanol–water partition coefficient (Wildman–Crippen LogP) is 8.38. The van der Waals surface area contributed by atoms with E-state index in [-0.39, 0.29) is 11.4 Å². The lowest BCUT2D eigenvalue weighted by molar-refractivity contribution is 0.0710. The summed E-state index contributed by atoms with van der Waals surface area (Å²) in [6.45, 7) is 2.31. The van der Waals surface area contributed by atoms with Gasteiger partial charge in [0.2, 0.25) is 0 Å². The van der Waals surface area contributed by atoms with Crippen molar-refractivity contribution in [3.63, 3.8) is 0 Å². The fraction of sp³-hybridized carbons (Fsp3) is 0.750. The van der Waals surface area contributed by atoms with Crippen molar-refractivity contribution < 1.29 is 4.39 Å². The Hall–Kier alpha value is -1.36. The maximum Gasteiger partial charge on any atom is 0.141 e. The van der Waals surface area contributed by atoms with E-state index in [9.17, 15) is 4.39 Å². The summed E-state index contributed by atoms with van der Waals surface area (Å²) in [7, 11) is 0. The summed E-state index contributed by atoms with van der Waals surface area (Å²) in [5.41, 5.74) is 1.29. The van der Waals surface area contributed by atoms with Gasteiger partial charge in [0.1, 0.15) is 11.9 Å². The Morgan fingerprint density at radius 1 is 0.867 bits per heavy atom. The Kier molecular flexibility index (Phi) is 7.50. The molecule has 1 nitrogen and oxygen atoms in total. The van der Waals surface area contributed by atoms with E-state index in [0.29, 0.717) is 5.92 Å². The summed E-state index contributed by atoms with van der Waals surface area (Å²) in [5, 5.41) is 8.98. The molecule has 2 heteroatoms. The van der Waals surface area contributed by atoms with Crippen molar-refractivity contribution in [2.45, 2.75) is 103 Å². The molecule has 0 amide bonds. The summed E-state index contributed by atoms with van der Waals surface area (Å²) in [5.74, 6) is 4.89. The summed E-state index contributed by atoms with van der Waals surface area (Å²) in [6, 6.07) is 7.25. The maximum atomic E-state index is 14.1. The summed E-state index contributed by atoms with van der Waals surface area (Å²) in [6.07, 6.45) is 19.7. The van der Waals surface area contributed by atoms with E-state index in [2.05, 4.69) is 6.92 Å². The Bertz CT molecular complexity index is 727. The molecule has 0 spiro atoms. The minimum atomic E-state index is -0.342. The number of unbranched alkanes of at least 4 members (excludes halogenated alkanes) is 2. The van der Waals surface area contributed by atoms with Crippen LogP contribution >= 0.6 is 0 Å². The van der Waals surface area contributed by atoms with Gasteiger partial charge in [-0.2, -0.15) is 5.26 Å². The Balaban J connectivity index is 1.26. The van der Waals surface area contributed by atoms with Crippen LogP contribution in [0.3, 0.4) is 0 Å². The lowest BCUT2D eigenvalue weighted by Gasteiger charge is -2.45. The second-order valence-electron chi connectivity index (χ2n) is 10.7. The molecule has 1 aromatic rings. The fourth-order valence-corrected chi connectivity index (χ4v) is 7.16. The maximum absolute atomic E-state index is 14.1. The number of halogens is 1. The minimum absolute atomic E-state index is 0.174. The van der Waals surface area contributed by atoms with Gasteiger partial charge in [-0.25, -0.2) is 4.39 Å². The summed E-state index contributed by atoms with van der Waals surface area (Å²) < 4.78 is 14.1. The average molecular weight is 410 g/mol. The zero-order valence-corrected chi connectivity index (χ0v) is 18.9. The van der Waals surface area contributed by atoms with Crippen molar-refractivity contribution >= 4 is 0 Å². The van der Waals surface area contributed by atoms with Crippen molar-refractivity contribution in [2.75, 3.05) is 0 Å². The van der Waals surface area contributed by atoms with Gasteiger partial charge in [-0.3, -0.25) is 0 Å². The van der Waals surface area contributed by atoms with E-state index in [1.165, 1.54) is 89.9 Å². The van der Waals surface area contributed by atoms with Crippen LogP contribution in [0.2, 0.25) is 0 Å². The molecule has 0 aromatic heterocycles. The molecule has 3 aliphatic rings. The predicted molar refractivity (Wildman–Crippen MR) is 122 cm³/mol. The lowest BCUT2D eigenvalue weighted by Crippen LogP contribution is -2.34. The van der Waals surface area contributed by atoms with Crippen LogP contribution in [0.5, 0.6) is 0 Å². The SMILES string of the molecule is CCCCCC1CCC(C2CCC3CC(c4ccc(C#N)c(F)c4)CCC3C2)CC1. The zero-order chi connectivity index (χ0) is 20.9. The first-order valence-electron chi connectivity index (χ1n) is 12.9. The van der Waals surface area contributed by atoms with Crippen molar-refractivity contribution in [2.24, 2.45) is 29.6 Å². The fourth-order valence-electron chi connectivity index (χ4n) is 7.16. The first-order valence-corrected chi connectivity index (χ1v) is 12.9. The molecule has 0 bridgehead atoms. The summed E-state index contributed by atoms with van der Waals surface area (Å²) >= 11 is 0. The van der Waals surface area contributed by atoms with Crippen molar-refractivity contribution in [1.82, 2.24) is 0 Å². The topological polar surface area (TPSA) is 23.8 Å². The minimum Gasteiger partial charge on any atom is -0.206 e. The van der Waals surface area contributed by atoms with Gasteiger partial charge in [0.05, 0.1) is 5.56 Å². The molecule has 4 rings (SSSR count). The standard InChI is InChI=1S/C28H40FN/c1-2-3-4-5-20-6-8-21(9-7-20)22-10-11-24-17-25(13-12-23(24)16-22)26-14-15-27(19-30)28(29)18-26/h14-15,18,20-25H,2-13,16-17H2,1H3. The molecule has 30 heavy (non-hydrogen) atoms. The highest BCUT2D eigenvalue weighted by Crippen LogP contribution is 2.51. The number of benzene rings is 1. The van der Waals surface area contributed by atoms with Crippen LogP contribution in [0.15, 0.2) is 18.2 Å². The van der Waals surface area contributed by atoms with Gasteiger partial charge < -0.3 is 0 Å². The van der Waals surface area contributed by atoms with Crippen LogP contribution in [0, 0.1) is 46.7 Å². The van der Waals surface area contributed by atoms with Crippen molar-refractivity contribution in [1.29, 1.82) is 5.26 Å². The van der Waals surface area contributed by atoms with Gasteiger partial charge in [-0.1, -0.05) is 51.5 Å². The van der Waals surface area contributed by atoms with Crippen LogP contribution in [0.4, 0.5) is 4.39 Å². The van der Waals surface area contributed by atoms with Gasteiger partial charge in [0.25, 0.3) is 0 Å². The second-order valence-corrected chi connectivity index (χ2v) is 10.7. The second kappa shape index (κ2) is 10.3. The smallest absolute Gasteiger partial charge is 0.141 e. The molecular formula is C28H40FN. The molecule has 0 aliphatic heterocycles. The number of fused-ring (bicyclic) bond motifs is 1. The van der Waals surface area contributed by atoms with E-state index >= 15 is 0 Å². The van der Waals surface area contributed by atoms with Gasteiger partial charge in [-0.05, 0) is 105 Å². The largest absolute Gasteiger partial charge is 0.206 e. The monoisotopic (exact) mass is 409 g/mol. The van der Waals surface area contributed by atoms with E-state index in [0.717, 1.165) is 35.2 Å². The molecule has 1 aromatic carbocycles. The lowest BCUT2D eigenvalue weighted by atomic mass is 9.60. The number of hydrogen-bond donors (Lipinski definition) is 0. The van der Waals surface area contributed by atoms with Gasteiger partial charge >= 0.3 is 0 Å². The van der Waals surface area contributed by atoms with E-state index < -0.39 is 0 Å². The molecule has 0 heterocycles. The summed E-state index contributed by atoms with van der Waals surface area (Å²) in [4.78, 5) is 0. The zero-order valence-electron chi connectivity index (χ0n) is 18.9. The van der Waals surface area contributed by atoms with Crippen molar-refractivity contribution in [3.05, 3.63) is 35.1 Å². The van der Waals surface area contributed by atoms with Crippen LogP contribution in [-0.2, 0) is 0 Å². The highest BCUT2D eigenvalue weighted by molar-refractivity contribution is 5.35. The molecular weight excluding hydrogens is 369 g/mol. The number of hydrogen-bond acceptors (Lipinski definition) is 1. The van der Waals surface area contributed by atoms with Crippen LogP contribution in [0.1, 0.15) is 114 Å². The Morgan fingerprint density at radius 2 is 1.53 bits per heavy atom. The van der Waals surface area contributed by atoms with E-state index in [1.807, 2.05) is 12.1 Å². The number of nitriles is 1. The number of nitrogens with zero attached hydrogens (tertiary/aromatic N) is 1. The Labute approximate surface area is 183 Å². The normalized spacial score (nSPS) is 34.2. The third-order valence-corrected chi connectivity index (χ3v) is 9.01. The van der Waals surface area contributed by atoms with Crippen LogP contribution in [-0.4, -0.2) is 0 Å². The molecule has 0 saturated heterocycles. The van der Waals surface area contributed by atoms with Crippen LogP contribution in [0.25, 0.3) is 0 Å². The molecule has 3 fully saturated rings. The number of rotatable bonds is 6. The molecule has 3 saturated carbocycles. The molecule has 4 unspecified atom stereocenters. The van der Waals surface area contributed by atoms with Crippen molar-refractivity contribution in [3.8, 4) is 6.07 Å². The van der Waals surface area contributed by atoms with Gasteiger partial charge in [0.15, 0.2) is 0 Å². The Morgan fingerprint density at radius 3 is 2.23 bits per heavy atom. The average Bonchev–Trinajstić information content (AvgIpc) is 2.79. The van der Waals surface area contributed by atoms with Crippen LogP contribution < -0.4 is 0 Å². The highest BCUT2D eigenvalue weighted by atomic mass is 19.1. The first-order chi connectivity index (χ1) is 14.7. The highest BCUT2D eigenvalue weighted by Gasteiger charge is 2.39. The molecule has 3 aliphatic carbocycles. The molecule has 164 valence electrons.